The first-order valence-electron chi connectivity index (χ1n) is 6.12. The number of thiophene rings is 1. The molecule has 6 heteroatoms. The number of aromatic nitrogens is 2. The zero-order valence-corrected chi connectivity index (χ0v) is 11.7. The van der Waals surface area contributed by atoms with Crippen molar-refractivity contribution in [2.45, 2.75) is 25.8 Å². The Morgan fingerprint density at radius 2 is 2.17 bits per heavy atom. The van der Waals surface area contributed by atoms with Gasteiger partial charge in [-0.25, -0.2) is 9.97 Å². The topological polar surface area (TPSA) is 49.8 Å². The molecule has 0 spiro atoms. The molecule has 0 unspecified atom stereocenters. The van der Waals surface area contributed by atoms with Crippen molar-refractivity contribution in [1.82, 2.24) is 15.3 Å². The Balaban J connectivity index is 1.95. The molecular formula is C12H15ClN4S. The molecular weight excluding hydrogens is 268 g/mol. The van der Waals surface area contributed by atoms with Gasteiger partial charge >= 0.3 is 0 Å². The summed E-state index contributed by atoms with van der Waals surface area (Å²) < 4.78 is 0.805. The molecule has 1 fully saturated rings. The van der Waals surface area contributed by atoms with Crippen LogP contribution in [0, 0.1) is 6.92 Å². The van der Waals surface area contributed by atoms with E-state index in [1.165, 1.54) is 11.3 Å². The first kappa shape index (κ1) is 12.1. The van der Waals surface area contributed by atoms with Gasteiger partial charge in [-0.1, -0.05) is 11.6 Å². The average molecular weight is 283 g/mol. The lowest BCUT2D eigenvalue weighted by atomic mass is 10.1. The van der Waals surface area contributed by atoms with Crippen LogP contribution in [-0.2, 0) is 0 Å². The van der Waals surface area contributed by atoms with Crippen molar-refractivity contribution in [3.05, 3.63) is 16.2 Å². The minimum absolute atomic E-state index is 0.488. The molecule has 4 nitrogen and oxygen atoms in total. The molecule has 96 valence electrons. The second-order valence-corrected chi connectivity index (χ2v) is 6.17. The normalized spacial score (nSPS) is 17.2. The van der Waals surface area contributed by atoms with Crippen LogP contribution in [0.3, 0.4) is 0 Å². The fourth-order valence-electron chi connectivity index (χ4n) is 2.31. The van der Waals surface area contributed by atoms with Crippen molar-refractivity contribution in [2.75, 3.05) is 18.4 Å². The number of nitrogens with one attached hydrogen (secondary N) is 2. The van der Waals surface area contributed by atoms with Crippen molar-refractivity contribution in [3.8, 4) is 0 Å². The van der Waals surface area contributed by atoms with E-state index < -0.39 is 0 Å². The highest BCUT2D eigenvalue weighted by atomic mass is 35.5. The van der Waals surface area contributed by atoms with Gasteiger partial charge in [0.1, 0.15) is 17.0 Å². The molecule has 0 radical (unpaired) electrons. The van der Waals surface area contributed by atoms with Crippen molar-refractivity contribution in [2.24, 2.45) is 0 Å². The van der Waals surface area contributed by atoms with Gasteiger partial charge in [0.15, 0.2) is 0 Å². The summed E-state index contributed by atoms with van der Waals surface area (Å²) in [5.41, 5.74) is 1.08. The molecule has 0 atom stereocenters. The van der Waals surface area contributed by atoms with E-state index in [-0.39, 0.29) is 0 Å². The van der Waals surface area contributed by atoms with Gasteiger partial charge < -0.3 is 10.6 Å². The highest BCUT2D eigenvalue weighted by Crippen LogP contribution is 2.36. The maximum atomic E-state index is 6.18. The Labute approximate surface area is 115 Å². The Morgan fingerprint density at radius 1 is 1.39 bits per heavy atom. The first-order valence-corrected chi connectivity index (χ1v) is 7.32. The van der Waals surface area contributed by atoms with E-state index in [1.54, 1.807) is 6.33 Å². The predicted octanol–water partition coefficient (Wildman–Crippen LogP) is 2.82. The highest BCUT2D eigenvalue weighted by Gasteiger charge is 2.17. The monoisotopic (exact) mass is 282 g/mol. The summed E-state index contributed by atoms with van der Waals surface area (Å²) >= 11 is 7.70. The van der Waals surface area contributed by atoms with E-state index in [4.69, 9.17) is 11.6 Å². The summed E-state index contributed by atoms with van der Waals surface area (Å²) in [5.74, 6) is 0.924. The predicted molar refractivity (Wildman–Crippen MR) is 76.7 cm³/mol. The summed E-state index contributed by atoms with van der Waals surface area (Å²) in [5, 5.41) is 7.97. The molecule has 3 rings (SSSR count). The molecule has 1 saturated heterocycles. The number of hydrogen-bond acceptors (Lipinski definition) is 5. The van der Waals surface area contributed by atoms with Crippen LogP contribution in [0.2, 0.25) is 4.34 Å². The molecule has 0 saturated carbocycles. The number of rotatable bonds is 2. The van der Waals surface area contributed by atoms with Gasteiger partial charge in [-0.05, 0) is 38.4 Å². The second kappa shape index (κ2) is 4.99. The van der Waals surface area contributed by atoms with Crippen molar-refractivity contribution < 1.29 is 0 Å². The molecule has 1 aliphatic heterocycles. The Morgan fingerprint density at radius 3 is 2.94 bits per heavy atom. The van der Waals surface area contributed by atoms with E-state index >= 15 is 0 Å². The minimum Gasteiger partial charge on any atom is -0.367 e. The number of anilines is 1. The summed E-state index contributed by atoms with van der Waals surface area (Å²) in [7, 11) is 0. The molecule has 0 aliphatic carbocycles. The van der Waals surface area contributed by atoms with Crippen LogP contribution < -0.4 is 10.6 Å². The van der Waals surface area contributed by atoms with Gasteiger partial charge in [-0.3, -0.25) is 0 Å². The van der Waals surface area contributed by atoms with Crippen LogP contribution in [0.15, 0.2) is 6.33 Å². The molecule has 1 aliphatic rings. The minimum atomic E-state index is 0.488. The molecule has 0 aromatic carbocycles. The zero-order chi connectivity index (χ0) is 12.5. The third-order valence-electron chi connectivity index (χ3n) is 3.35. The number of aryl methyl sites for hydroxylation is 1. The number of hydrogen-bond donors (Lipinski definition) is 2. The van der Waals surface area contributed by atoms with Gasteiger partial charge in [0, 0.05) is 6.04 Å². The van der Waals surface area contributed by atoms with Gasteiger partial charge in [0.2, 0.25) is 0 Å². The van der Waals surface area contributed by atoms with E-state index in [0.29, 0.717) is 6.04 Å². The standard InChI is InChI=1S/C12H15ClN4S/c1-7-9-11(17-8-2-4-14-5-3-8)15-6-16-12(9)18-10(7)13/h6,8,14H,2-5H2,1H3,(H,15,16,17). The summed E-state index contributed by atoms with van der Waals surface area (Å²) in [6.07, 6.45) is 3.86. The Kier molecular flexibility index (Phi) is 3.37. The van der Waals surface area contributed by atoms with Crippen molar-refractivity contribution in [3.63, 3.8) is 0 Å². The zero-order valence-electron chi connectivity index (χ0n) is 10.2. The van der Waals surface area contributed by atoms with E-state index in [0.717, 1.165) is 51.9 Å². The fraction of sp³-hybridized carbons (Fsp3) is 0.500. The second-order valence-electron chi connectivity index (χ2n) is 4.57. The van der Waals surface area contributed by atoms with Crippen LogP contribution in [0.5, 0.6) is 0 Å². The lowest BCUT2D eigenvalue weighted by Gasteiger charge is -2.24. The summed E-state index contributed by atoms with van der Waals surface area (Å²) in [6.45, 7) is 4.16. The lowest BCUT2D eigenvalue weighted by Crippen LogP contribution is -2.35. The van der Waals surface area contributed by atoms with Crippen LogP contribution in [0.1, 0.15) is 18.4 Å². The SMILES string of the molecule is Cc1c(Cl)sc2ncnc(NC3CCNCC3)c12. The maximum Gasteiger partial charge on any atom is 0.138 e. The number of nitrogens with zero attached hydrogens (tertiary/aromatic N) is 2. The van der Waals surface area contributed by atoms with E-state index in [2.05, 4.69) is 20.6 Å². The summed E-state index contributed by atoms with van der Waals surface area (Å²) in [6, 6.07) is 0.488. The molecule has 18 heavy (non-hydrogen) atoms. The fourth-order valence-corrected chi connectivity index (χ4v) is 3.50. The average Bonchev–Trinajstić information content (AvgIpc) is 2.67. The van der Waals surface area contributed by atoms with E-state index in [9.17, 15) is 0 Å². The van der Waals surface area contributed by atoms with Crippen LogP contribution in [0.4, 0.5) is 5.82 Å². The maximum absolute atomic E-state index is 6.18. The number of piperidine rings is 1. The lowest BCUT2D eigenvalue weighted by molar-refractivity contribution is 0.478. The van der Waals surface area contributed by atoms with Gasteiger partial charge in [-0.2, -0.15) is 0 Å². The Bertz CT molecular complexity index is 562. The van der Waals surface area contributed by atoms with Crippen LogP contribution in [-0.4, -0.2) is 29.1 Å². The Hall–Kier alpha value is -0.910. The number of fused-ring (bicyclic) bond motifs is 1. The number of halogens is 1. The molecule has 2 aromatic rings. The van der Waals surface area contributed by atoms with Crippen LogP contribution >= 0.6 is 22.9 Å². The highest BCUT2D eigenvalue weighted by molar-refractivity contribution is 7.22. The first-order chi connectivity index (χ1) is 8.75. The molecule has 2 N–H and O–H groups in total. The largest absolute Gasteiger partial charge is 0.367 e. The smallest absolute Gasteiger partial charge is 0.138 e. The third kappa shape index (κ3) is 2.18. The molecule has 3 heterocycles. The third-order valence-corrected chi connectivity index (χ3v) is 4.85. The van der Waals surface area contributed by atoms with Gasteiger partial charge in [-0.15, -0.1) is 11.3 Å². The van der Waals surface area contributed by atoms with Crippen LogP contribution in [0.25, 0.3) is 10.2 Å². The van der Waals surface area contributed by atoms with Gasteiger partial charge in [0.25, 0.3) is 0 Å². The summed E-state index contributed by atoms with van der Waals surface area (Å²) in [4.78, 5) is 9.63. The van der Waals surface area contributed by atoms with Crippen molar-refractivity contribution in [1.29, 1.82) is 0 Å². The van der Waals surface area contributed by atoms with Crippen molar-refractivity contribution >= 4 is 39.0 Å². The van der Waals surface area contributed by atoms with Gasteiger partial charge in [0.05, 0.1) is 9.72 Å². The quantitative estimate of drug-likeness (QED) is 0.889. The molecule has 0 bridgehead atoms. The van der Waals surface area contributed by atoms with E-state index in [1.807, 2.05) is 6.92 Å². The molecule has 2 aromatic heterocycles. The molecule has 0 amide bonds.